The van der Waals surface area contributed by atoms with E-state index in [-0.39, 0.29) is 11.7 Å². The third kappa shape index (κ3) is 1.36. The Balaban J connectivity index is 2.88. The number of halogens is 1. The first-order chi connectivity index (χ1) is 4.74. The lowest BCUT2D eigenvalue weighted by Gasteiger charge is -1.77. The topological polar surface area (TPSA) is 43.1 Å². The highest BCUT2D eigenvalue weighted by Crippen LogP contribution is 2.06. The minimum absolute atomic E-state index is 0.111. The van der Waals surface area contributed by atoms with Gasteiger partial charge < -0.3 is 4.52 Å². The highest BCUT2D eigenvalue weighted by Gasteiger charge is 2.05. The summed E-state index contributed by atoms with van der Waals surface area (Å²) < 4.78 is 4.67. The van der Waals surface area contributed by atoms with Crippen LogP contribution in [0.3, 0.4) is 0 Å². The summed E-state index contributed by atoms with van der Waals surface area (Å²) in [6, 6.07) is 1.54. The molecule has 1 rings (SSSR count). The fourth-order valence-electron chi connectivity index (χ4n) is 0.542. The maximum Gasteiger partial charge on any atom is 0.181 e. The second-order valence-electron chi connectivity index (χ2n) is 1.87. The molecule has 10 heavy (non-hydrogen) atoms. The number of hydrogen-bond donors (Lipinski definition) is 0. The fraction of sp³-hybridized carbons (Fsp3) is 0.333. The number of aromatic nitrogens is 1. The van der Waals surface area contributed by atoms with Crippen LogP contribution in [0.15, 0.2) is 10.6 Å². The Hall–Kier alpha value is -0.830. The van der Waals surface area contributed by atoms with E-state index < -0.39 is 0 Å². The fourth-order valence-corrected chi connectivity index (χ4v) is 0.668. The van der Waals surface area contributed by atoms with Crippen molar-refractivity contribution in [3.05, 3.63) is 17.5 Å². The van der Waals surface area contributed by atoms with Crippen molar-refractivity contribution in [1.82, 2.24) is 5.16 Å². The smallest absolute Gasteiger partial charge is 0.181 e. The lowest BCUT2D eigenvalue weighted by Crippen LogP contribution is -1.89. The molecule has 0 N–H and O–H groups in total. The van der Waals surface area contributed by atoms with Crippen LogP contribution in [0.25, 0.3) is 0 Å². The van der Waals surface area contributed by atoms with E-state index in [0.29, 0.717) is 11.5 Å². The molecule has 0 saturated carbocycles. The maximum absolute atomic E-state index is 10.6. The molecule has 0 radical (unpaired) electrons. The van der Waals surface area contributed by atoms with Crippen LogP contribution in [0, 0.1) is 0 Å². The van der Waals surface area contributed by atoms with Crippen LogP contribution < -0.4 is 0 Å². The first kappa shape index (κ1) is 7.28. The Bertz CT molecular complexity index is 244. The lowest BCUT2D eigenvalue weighted by atomic mass is 10.3. The van der Waals surface area contributed by atoms with E-state index in [1.54, 1.807) is 0 Å². The quantitative estimate of drug-likeness (QED) is 0.487. The van der Waals surface area contributed by atoms with Gasteiger partial charge in [0.25, 0.3) is 0 Å². The second kappa shape index (κ2) is 2.84. The predicted octanol–water partition coefficient (Wildman–Crippen LogP) is 1.62. The molecule has 0 bridgehead atoms. The molecule has 1 aromatic rings. The van der Waals surface area contributed by atoms with E-state index >= 15 is 0 Å². The number of carbonyl (C=O) groups is 1. The van der Waals surface area contributed by atoms with Crippen molar-refractivity contribution in [3.8, 4) is 0 Å². The molecule has 54 valence electrons. The van der Waals surface area contributed by atoms with E-state index in [0.717, 1.165) is 0 Å². The average Bonchev–Trinajstić information content (AvgIpc) is 2.34. The van der Waals surface area contributed by atoms with Crippen molar-refractivity contribution in [2.24, 2.45) is 0 Å². The molecule has 1 heterocycles. The van der Waals surface area contributed by atoms with Gasteiger partial charge in [-0.2, -0.15) is 0 Å². The second-order valence-corrected chi connectivity index (χ2v) is 2.14. The zero-order valence-electron chi connectivity index (χ0n) is 5.43. The van der Waals surface area contributed by atoms with Crippen molar-refractivity contribution >= 4 is 17.4 Å². The minimum atomic E-state index is -0.111. The molecule has 0 aliphatic heterocycles. The van der Waals surface area contributed by atoms with Gasteiger partial charge in [-0.25, -0.2) is 0 Å². The summed E-state index contributed by atoms with van der Waals surface area (Å²) in [6.07, 6.45) is 0. The number of alkyl halides is 1. The van der Waals surface area contributed by atoms with E-state index in [9.17, 15) is 4.79 Å². The summed E-state index contributed by atoms with van der Waals surface area (Å²) in [5.74, 6) is 0.660. The Morgan fingerprint density at radius 3 is 2.90 bits per heavy atom. The number of carbonyl (C=O) groups excluding carboxylic acids is 1. The molecule has 0 spiro atoms. The Morgan fingerprint density at radius 1 is 1.90 bits per heavy atom. The number of ketones is 1. The molecule has 0 unspecified atom stereocenters. The molecule has 1 aromatic heterocycles. The van der Waals surface area contributed by atoms with Crippen LogP contribution in [-0.2, 0) is 5.88 Å². The molecule has 0 amide bonds. The molecule has 0 aliphatic carbocycles. The zero-order chi connectivity index (χ0) is 7.56. The van der Waals surface area contributed by atoms with Crippen molar-refractivity contribution < 1.29 is 9.32 Å². The van der Waals surface area contributed by atoms with E-state index in [1.807, 2.05) is 0 Å². The van der Waals surface area contributed by atoms with Crippen LogP contribution in [0.4, 0.5) is 0 Å². The summed E-state index contributed by atoms with van der Waals surface area (Å²) in [7, 11) is 0. The normalized spacial score (nSPS) is 9.80. The summed E-state index contributed by atoms with van der Waals surface area (Å²) in [6.45, 7) is 1.43. The third-order valence-electron chi connectivity index (χ3n) is 1.05. The van der Waals surface area contributed by atoms with Gasteiger partial charge in [0.2, 0.25) is 0 Å². The van der Waals surface area contributed by atoms with Gasteiger partial charge in [-0.05, 0) is 0 Å². The molecule has 0 atom stereocenters. The molecular weight excluding hydrogens is 154 g/mol. The van der Waals surface area contributed by atoms with Gasteiger partial charge in [0.05, 0.1) is 5.88 Å². The van der Waals surface area contributed by atoms with Gasteiger partial charge in [-0.15, -0.1) is 11.6 Å². The van der Waals surface area contributed by atoms with E-state index in [2.05, 4.69) is 9.68 Å². The number of Topliss-reactive ketones (excluding diaryl/α,β-unsaturated/α-hetero) is 1. The molecule has 0 fully saturated rings. The lowest BCUT2D eigenvalue weighted by molar-refractivity contribution is 0.100. The summed E-state index contributed by atoms with van der Waals surface area (Å²) in [4.78, 5) is 10.6. The Morgan fingerprint density at radius 2 is 2.60 bits per heavy atom. The molecule has 0 aromatic carbocycles. The van der Waals surface area contributed by atoms with Crippen molar-refractivity contribution in [2.75, 3.05) is 0 Å². The van der Waals surface area contributed by atoms with E-state index in [1.165, 1.54) is 13.0 Å². The van der Waals surface area contributed by atoms with Gasteiger partial charge in [0, 0.05) is 13.0 Å². The zero-order valence-corrected chi connectivity index (χ0v) is 6.18. The predicted molar refractivity (Wildman–Crippen MR) is 36.1 cm³/mol. The molecule has 0 aliphatic rings. The van der Waals surface area contributed by atoms with Gasteiger partial charge in [-0.3, -0.25) is 4.79 Å². The van der Waals surface area contributed by atoms with Crippen LogP contribution in [0.5, 0.6) is 0 Å². The van der Waals surface area contributed by atoms with Crippen LogP contribution in [0.2, 0.25) is 0 Å². The standard InChI is InChI=1S/C6H6ClNO2/c1-4(9)6-2-5(3-7)10-8-6/h2H,3H2,1H3. The number of nitrogens with zero attached hydrogens (tertiary/aromatic N) is 1. The summed E-state index contributed by atoms with van der Waals surface area (Å²) >= 11 is 5.40. The van der Waals surface area contributed by atoms with Crippen LogP contribution >= 0.6 is 11.6 Å². The van der Waals surface area contributed by atoms with Gasteiger partial charge in [-0.1, -0.05) is 5.16 Å². The van der Waals surface area contributed by atoms with Gasteiger partial charge in [0.1, 0.15) is 5.69 Å². The number of hydrogen-bond acceptors (Lipinski definition) is 3. The summed E-state index contributed by atoms with van der Waals surface area (Å²) in [5, 5.41) is 3.48. The number of rotatable bonds is 2. The van der Waals surface area contributed by atoms with Crippen molar-refractivity contribution in [2.45, 2.75) is 12.8 Å². The van der Waals surface area contributed by atoms with Crippen LogP contribution in [0.1, 0.15) is 23.2 Å². The van der Waals surface area contributed by atoms with Gasteiger partial charge >= 0.3 is 0 Å². The van der Waals surface area contributed by atoms with Crippen LogP contribution in [-0.4, -0.2) is 10.9 Å². The SMILES string of the molecule is CC(=O)c1cc(CCl)on1. The first-order valence-corrected chi connectivity index (χ1v) is 3.30. The molecule has 4 heteroatoms. The molecule has 0 saturated heterocycles. The average molecular weight is 160 g/mol. The molecule has 3 nitrogen and oxygen atoms in total. The monoisotopic (exact) mass is 159 g/mol. The highest BCUT2D eigenvalue weighted by atomic mass is 35.5. The summed E-state index contributed by atoms with van der Waals surface area (Å²) in [5.41, 5.74) is 0.329. The van der Waals surface area contributed by atoms with Gasteiger partial charge in [0.15, 0.2) is 11.5 Å². The third-order valence-corrected chi connectivity index (χ3v) is 1.31. The minimum Gasteiger partial charge on any atom is -0.359 e. The maximum atomic E-state index is 10.6. The largest absolute Gasteiger partial charge is 0.359 e. The highest BCUT2D eigenvalue weighted by molar-refractivity contribution is 6.16. The van der Waals surface area contributed by atoms with Crippen molar-refractivity contribution in [1.29, 1.82) is 0 Å². The Kier molecular flexibility index (Phi) is 2.06. The first-order valence-electron chi connectivity index (χ1n) is 2.76. The Labute approximate surface area is 63.0 Å². The van der Waals surface area contributed by atoms with Crippen molar-refractivity contribution in [3.63, 3.8) is 0 Å². The molecular formula is C6H6ClNO2. The van der Waals surface area contributed by atoms with E-state index in [4.69, 9.17) is 11.6 Å².